The van der Waals surface area contributed by atoms with E-state index in [2.05, 4.69) is 0 Å². The van der Waals surface area contributed by atoms with Crippen molar-refractivity contribution in [1.29, 1.82) is 0 Å². The summed E-state index contributed by atoms with van der Waals surface area (Å²) in [5.41, 5.74) is -5.24. The molecule has 0 heterocycles. The maximum atomic E-state index is 10.2. The van der Waals surface area contributed by atoms with Gasteiger partial charge in [-0.2, -0.15) is 0 Å². The fourth-order valence-electron chi connectivity index (χ4n) is 6.81. The average Bonchev–Trinajstić information content (AvgIpc) is 3.33. The van der Waals surface area contributed by atoms with Crippen LogP contribution in [-0.2, 0) is 11.8 Å². The summed E-state index contributed by atoms with van der Waals surface area (Å²) in [6.45, 7) is 3.03. The van der Waals surface area contributed by atoms with Crippen LogP contribution in [0.4, 0.5) is 0 Å². The first-order valence-electron chi connectivity index (χ1n) is 27.5. The third-order valence-corrected chi connectivity index (χ3v) is 8.99. The van der Waals surface area contributed by atoms with Crippen molar-refractivity contribution in [1.82, 2.24) is 0 Å². The fourth-order valence-corrected chi connectivity index (χ4v) is 6.81. The molecule has 1 aliphatic rings. The molecule has 0 heteroatoms. The van der Waals surface area contributed by atoms with Gasteiger partial charge in [-0.15, -0.1) is 0 Å². The molecule has 0 radical (unpaired) electrons. The van der Waals surface area contributed by atoms with Crippen LogP contribution in [0.2, 0.25) is 0 Å². The Morgan fingerprint density at radius 2 is 1.08 bits per heavy atom. The lowest BCUT2D eigenvalue weighted by Crippen LogP contribution is -2.24. The highest BCUT2D eigenvalue weighted by atomic mass is 14.4. The number of hydrogen-bond donors (Lipinski definition) is 0. The highest BCUT2D eigenvalue weighted by molar-refractivity contribution is 6.25. The summed E-state index contributed by atoms with van der Waals surface area (Å²) < 4.78 is 227. The summed E-state index contributed by atoms with van der Waals surface area (Å²) in [4.78, 5) is 0. The predicted molar refractivity (Wildman–Crippen MR) is 205 cm³/mol. The Labute approximate surface area is 316 Å². The van der Waals surface area contributed by atoms with Gasteiger partial charge in [-0.1, -0.05) is 165 Å². The van der Waals surface area contributed by atoms with Crippen molar-refractivity contribution in [3.63, 3.8) is 0 Å². The summed E-state index contributed by atoms with van der Waals surface area (Å²) >= 11 is 0. The maximum Gasteiger partial charge on any atom is 0.0636 e. The van der Waals surface area contributed by atoms with Crippen LogP contribution < -0.4 is 0 Å². The summed E-state index contributed by atoms with van der Waals surface area (Å²) in [5, 5.41) is -2.48. The molecule has 0 bridgehead atoms. The number of hydrogen-bond acceptors (Lipinski definition) is 0. The van der Waals surface area contributed by atoms with E-state index in [9.17, 15) is 13.7 Å². The van der Waals surface area contributed by atoms with Crippen LogP contribution in [0.15, 0.2) is 157 Å². The molecule has 0 saturated heterocycles. The van der Waals surface area contributed by atoms with Crippen LogP contribution in [0, 0.1) is 0 Å². The number of benzene rings is 9. The molecule has 0 fully saturated rings. The summed E-state index contributed by atoms with van der Waals surface area (Å²) in [5.74, 6) is 0. The molecule has 0 aliphatic heterocycles. The lowest BCUT2D eigenvalue weighted by Gasteiger charge is -2.36. The SMILES string of the molecule is [2H]c1c([2H])c([2H])c(Cc2cc(-c3c([2H])c([2H])c4c([2H])c([2H])c5c([2H])c([2H])c([2H])c6c([2H])c([2H])c3c4c56)c([2H])c(-c3c([2H])c([2H])c([2H])c4c3-c3c([2H])c([2H])c([2H])c5c([2H])c([2H])c([2H])c(c35)C4(C)C)c2[2H])c([2H])c1[2H]. The van der Waals surface area contributed by atoms with E-state index in [1.165, 1.54) is 13.8 Å². The van der Waals surface area contributed by atoms with Crippen molar-refractivity contribution in [3.8, 4) is 33.4 Å². The molecule has 9 aromatic carbocycles. The Morgan fingerprint density at radius 1 is 0.458 bits per heavy atom. The maximum absolute atomic E-state index is 10.2. The third-order valence-electron chi connectivity index (χ3n) is 8.99. The normalized spacial score (nSPS) is 20.8. The van der Waals surface area contributed by atoms with Gasteiger partial charge in [0.2, 0.25) is 0 Å². The van der Waals surface area contributed by atoms with E-state index in [4.69, 9.17) is 20.6 Å². The van der Waals surface area contributed by atoms with Crippen molar-refractivity contribution in [2.24, 2.45) is 0 Å². The lowest BCUT2D eigenvalue weighted by molar-refractivity contribution is 0.645. The molecule has 0 amide bonds. The molecule has 10 rings (SSSR count). The van der Waals surface area contributed by atoms with Crippen molar-refractivity contribution < 1.29 is 34.3 Å². The van der Waals surface area contributed by atoms with E-state index < -0.39 is 196 Å². The zero-order chi connectivity index (χ0) is 53.7. The third kappa shape index (κ3) is 3.96. The highest BCUT2D eigenvalue weighted by Gasteiger charge is 2.34. The second-order valence-electron chi connectivity index (χ2n) is 12.1. The van der Waals surface area contributed by atoms with Crippen molar-refractivity contribution in [2.45, 2.75) is 25.7 Å². The molecule has 0 spiro atoms. The van der Waals surface area contributed by atoms with E-state index in [0.717, 1.165) is 6.07 Å². The largest absolute Gasteiger partial charge is 0.0636 e. The Balaban J connectivity index is 1.48. The van der Waals surface area contributed by atoms with Crippen LogP contribution in [-0.4, -0.2) is 0 Å². The van der Waals surface area contributed by atoms with Crippen LogP contribution in [0.3, 0.4) is 0 Å². The van der Waals surface area contributed by atoms with Gasteiger partial charge in [0, 0.05) is 5.41 Å². The molecular weight excluding hydrogens is 577 g/mol. The first-order valence-corrected chi connectivity index (χ1v) is 15.0. The molecule has 0 atom stereocenters. The van der Waals surface area contributed by atoms with Crippen molar-refractivity contribution >= 4 is 43.1 Å². The first kappa shape index (κ1) is 12.4. The van der Waals surface area contributed by atoms with E-state index in [1.54, 1.807) is 0 Å². The van der Waals surface area contributed by atoms with Crippen molar-refractivity contribution in [3.05, 3.63) is 179 Å². The molecule has 0 aromatic heterocycles. The number of fused-ring (bicyclic) bond motifs is 2. The minimum absolute atomic E-state index is 0.0455. The number of rotatable bonds is 4. The standard InChI is InChI=1S/C48H34/c1-48(2)42-18-8-15-32-14-7-17-41(45(32)42)47-39(16-9-19-43(47)48)37-28-31(26-30-10-4-3-5-11-30)27-36(29-37)38-24-22-35-21-20-33-12-6-13-34-23-25-40(38)46(35)44(33)34/h3-25,27-29H,26H2,1-2H3/i3D,4D,5D,6D,7D,8D,9D,10D,11D,12D,13D,14D,15D,16D,17D,18D,19D,20D,21D,22D,23D,24D,25D,28D,29D. The van der Waals surface area contributed by atoms with E-state index in [1.807, 2.05) is 0 Å². The van der Waals surface area contributed by atoms with Crippen LogP contribution in [0.5, 0.6) is 0 Å². The first-order chi connectivity index (χ1) is 34.0. The van der Waals surface area contributed by atoms with Crippen LogP contribution in [0.25, 0.3) is 76.5 Å². The molecule has 0 nitrogen and oxygen atoms in total. The molecular formula is C48H34. The minimum atomic E-state index is -1.65. The van der Waals surface area contributed by atoms with Gasteiger partial charge in [-0.3, -0.25) is 0 Å². The van der Waals surface area contributed by atoms with Gasteiger partial charge in [0.05, 0.1) is 34.3 Å². The predicted octanol–water partition coefficient (Wildman–Crippen LogP) is 13.0. The smallest absolute Gasteiger partial charge is 0.0622 e. The van der Waals surface area contributed by atoms with E-state index >= 15 is 0 Å². The monoisotopic (exact) mass is 635 g/mol. The Hall–Kier alpha value is -5.72. The zero-order valence-electron chi connectivity index (χ0n) is 50.3. The lowest BCUT2D eigenvalue weighted by atomic mass is 9.67. The molecule has 1 aliphatic carbocycles. The quantitative estimate of drug-likeness (QED) is 0.169. The van der Waals surface area contributed by atoms with Gasteiger partial charge >= 0.3 is 0 Å². The highest BCUT2D eigenvalue weighted by Crippen LogP contribution is 2.52. The zero-order valence-corrected chi connectivity index (χ0v) is 25.3. The summed E-state index contributed by atoms with van der Waals surface area (Å²) in [7, 11) is 0. The van der Waals surface area contributed by atoms with Crippen LogP contribution in [0.1, 0.15) is 70.4 Å². The second-order valence-corrected chi connectivity index (χ2v) is 12.1. The van der Waals surface area contributed by atoms with Gasteiger partial charge in [0.25, 0.3) is 0 Å². The average molecular weight is 636 g/mol. The summed E-state index contributed by atoms with van der Waals surface area (Å²) in [6, 6.07) is -16.6. The fraction of sp³-hybridized carbons (Fsp3) is 0.0833. The Morgan fingerprint density at radius 3 is 1.90 bits per heavy atom. The second kappa shape index (κ2) is 10.1. The summed E-state index contributed by atoms with van der Waals surface area (Å²) in [6.07, 6.45) is -0.710. The Kier molecular flexibility index (Phi) is 2.62. The molecule has 226 valence electrons. The molecule has 48 heavy (non-hydrogen) atoms. The topological polar surface area (TPSA) is 0 Å². The Bertz CT molecular complexity index is 4070. The van der Waals surface area contributed by atoms with Gasteiger partial charge in [-0.25, -0.2) is 0 Å². The minimum Gasteiger partial charge on any atom is -0.0622 e. The van der Waals surface area contributed by atoms with Gasteiger partial charge in [0.15, 0.2) is 0 Å². The van der Waals surface area contributed by atoms with E-state index in [-0.39, 0.29) is 65.7 Å². The van der Waals surface area contributed by atoms with Crippen LogP contribution >= 0.6 is 0 Å². The molecule has 9 aromatic rings. The molecule has 0 saturated carbocycles. The van der Waals surface area contributed by atoms with Gasteiger partial charge < -0.3 is 0 Å². The van der Waals surface area contributed by atoms with Gasteiger partial charge in [0.1, 0.15) is 0 Å². The molecule has 0 N–H and O–H groups in total. The van der Waals surface area contributed by atoms with Crippen molar-refractivity contribution in [2.75, 3.05) is 0 Å². The molecule has 0 unspecified atom stereocenters. The van der Waals surface area contributed by atoms with E-state index in [0.29, 0.717) is 0 Å². The van der Waals surface area contributed by atoms with Gasteiger partial charge in [-0.05, 0) is 111 Å².